The maximum Gasteiger partial charge on any atom is 0.315 e. The van der Waals surface area contributed by atoms with Gasteiger partial charge in [0.2, 0.25) is 0 Å². The average molecular weight is 347 g/mol. The summed E-state index contributed by atoms with van der Waals surface area (Å²) in [5, 5.41) is 9.78. The first-order chi connectivity index (χ1) is 12.8. The molecule has 132 valence electrons. The minimum absolute atomic E-state index is 0.190. The van der Waals surface area contributed by atoms with Crippen molar-refractivity contribution in [1.29, 1.82) is 0 Å². The molecule has 1 aromatic heterocycles. The van der Waals surface area contributed by atoms with E-state index in [-0.39, 0.29) is 6.03 Å². The number of urea groups is 1. The summed E-state index contributed by atoms with van der Waals surface area (Å²) in [6, 6.07) is 17.8. The summed E-state index contributed by atoms with van der Waals surface area (Å²) in [7, 11) is 0. The van der Waals surface area contributed by atoms with E-state index < -0.39 is 0 Å². The van der Waals surface area contributed by atoms with Crippen LogP contribution in [0.2, 0.25) is 0 Å². The first-order valence-corrected chi connectivity index (χ1v) is 8.43. The van der Waals surface area contributed by atoms with Crippen molar-refractivity contribution < 1.29 is 4.79 Å². The molecule has 0 unspecified atom stereocenters. The predicted molar refractivity (Wildman–Crippen MR) is 101 cm³/mol. The molecule has 0 atom stereocenters. The van der Waals surface area contributed by atoms with E-state index in [1.54, 1.807) is 11.0 Å². The molecule has 0 aliphatic carbocycles. The monoisotopic (exact) mass is 347 g/mol. The standard InChI is InChI=1S/C20H21N5O/c26-20(22-11-5-10-17-6-2-1-3-7-17)23-13-18-8-4-9-19(12-18)14-25-16-21-15-24-25/h1-10,12,15-16H,11,13-14H2,(H2,22,23,26)/b10-5-. The van der Waals surface area contributed by atoms with Crippen LogP contribution in [0.3, 0.4) is 0 Å². The zero-order chi connectivity index (χ0) is 18.0. The molecule has 0 bridgehead atoms. The van der Waals surface area contributed by atoms with Gasteiger partial charge in [-0.25, -0.2) is 14.5 Å². The van der Waals surface area contributed by atoms with Gasteiger partial charge in [0.05, 0.1) is 6.54 Å². The van der Waals surface area contributed by atoms with Crippen molar-refractivity contribution in [2.75, 3.05) is 6.54 Å². The molecule has 0 fully saturated rings. The Balaban J connectivity index is 1.42. The molecule has 3 aromatic rings. The molecule has 3 rings (SSSR count). The lowest BCUT2D eigenvalue weighted by Crippen LogP contribution is -2.35. The van der Waals surface area contributed by atoms with Crippen molar-refractivity contribution in [3.05, 3.63) is 90.0 Å². The maximum atomic E-state index is 11.9. The van der Waals surface area contributed by atoms with Gasteiger partial charge in [-0.3, -0.25) is 0 Å². The van der Waals surface area contributed by atoms with Crippen LogP contribution in [0.5, 0.6) is 0 Å². The van der Waals surface area contributed by atoms with Crippen LogP contribution >= 0.6 is 0 Å². The lowest BCUT2D eigenvalue weighted by Gasteiger charge is -2.08. The van der Waals surface area contributed by atoms with Gasteiger partial charge >= 0.3 is 6.03 Å². The van der Waals surface area contributed by atoms with Gasteiger partial charge in [-0.15, -0.1) is 0 Å². The number of amides is 2. The van der Waals surface area contributed by atoms with E-state index in [9.17, 15) is 4.79 Å². The first-order valence-electron chi connectivity index (χ1n) is 8.43. The second-order valence-electron chi connectivity index (χ2n) is 5.79. The van der Waals surface area contributed by atoms with Crippen LogP contribution in [0.25, 0.3) is 6.08 Å². The van der Waals surface area contributed by atoms with Crippen LogP contribution in [0.4, 0.5) is 4.79 Å². The molecule has 0 aliphatic rings. The van der Waals surface area contributed by atoms with Gasteiger partial charge in [0.1, 0.15) is 12.7 Å². The van der Waals surface area contributed by atoms with E-state index >= 15 is 0 Å². The summed E-state index contributed by atoms with van der Waals surface area (Å²) in [5.74, 6) is 0. The van der Waals surface area contributed by atoms with Gasteiger partial charge in [-0.05, 0) is 16.7 Å². The molecule has 26 heavy (non-hydrogen) atoms. The fraction of sp³-hybridized carbons (Fsp3) is 0.150. The number of benzene rings is 2. The molecular weight excluding hydrogens is 326 g/mol. The van der Waals surface area contributed by atoms with E-state index in [2.05, 4.69) is 26.8 Å². The fourth-order valence-corrected chi connectivity index (χ4v) is 2.50. The van der Waals surface area contributed by atoms with E-state index in [1.807, 2.05) is 60.7 Å². The number of carbonyl (C=O) groups is 1. The van der Waals surface area contributed by atoms with Gasteiger partial charge in [-0.1, -0.05) is 66.7 Å². The smallest absolute Gasteiger partial charge is 0.315 e. The lowest BCUT2D eigenvalue weighted by atomic mass is 10.1. The predicted octanol–water partition coefficient (Wildman–Crippen LogP) is 2.84. The van der Waals surface area contributed by atoms with Gasteiger partial charge in [0.25, 0.3) is 0 Å². The summed E-state index contributed by atoms with van der Waals surface area (Å²) >= 11 is 0. The highest BCUT2D eigenvalue weighted by molar-refractivity contribution is 5.74. The molecule has 0 radical (unpaired) electrons. The number of carbonyl (C=O) groups excluding carboxylic acids is 1. The third kappa shape index (κ3) is 5.59. The molecular formula is C20H21N5O. The highest BCUT2D eigenvalue weighted by Gasteiger charge is 2.01. The average Bonchev–Trinajstić information content (AvgIpc) is 3.18. The molecule has 0 aliphatic heterocycles. The quantitative estimate of drug-likeness (QED) is 0.690. The molecule has 1 heterocycles. The number of nitrogens with one attached hydrogen (secondary N) is 2. The Hall–Kier alpha value is -3.41. The summed E-state index contributed by atoms with van der Waals surface area (Å²) in [6.07, 6.45) is 7.10. The van der Waals surface area contributed by atoms with E-state index in [1.165, 1.54) is 6.33 Å². The van der Waals surface area contributed by atoms with Gasteiger partial charge < -0.3 is 10.6 Å². The van der Waals surface area contributed by atoms with E-state index in [4.69, 9.17) is 0 Å². The summed E-state index contributed by atoms with van der Waals surface area (Å²) in [4.78, 5) is 15.8. The van der Waals surface area contributed by atoms with Crippen LogP contribution in [0.1, 0.15) is 16.7 Å². The molecule has 2 aromatic carbocycles. The second kappa shape index (κ2) is 9.17. The minimum atomic E-state index is -0.190. The number of hydrogen-bond donors (Lipinski definition) is 2. The Morgan fingerprint density at radius 3 is 2.69 bits per heavy atom. The van der Waals surface area contributed by atoms with Crippen LogP contribution < -0.4 is 10.6 Å². The van der Waals surface area contributed by atoms with Crippen molar-refractivity contribution in [2.24, 2.45) is 0 Å². The molecule has 2 N–H and O–H groups in total. The Kier molecular flexibility index (Phi) is 6.14. The van der Waals surface area contributed by atoms with Crippen molar-refractivity contribution in [1.82, 2.24) is 25.4 Å². The zero-order valence-electron chi connectivity index (χ0n) is 14.4. The van der Waals surface area contributed by atoms with Crippen LogP contribution in [-0.2, 0) is 13.1 Å². The highest BCUT2D eigenvalue weighted by Crippen LogP contribution is 2.06. The number of rotatable bonds is 7. The van der Waals surface area contributed by atoms with Crippen molar-refractivity contribution in [3.63, 3.8) is 0 Å². The molecule has 0 saturated carbocycles. The summed E-state index contributed by atoms with van der Waals surface area (Å²) < 4.78 is 1.76. The first kappa shape index (κ1) is 17.4. The van der Waals surface area contributed by atoms with Crippen LogP contribution in [0, 0.1) is 0 Å². The normalized spacial score (nSPS) is 10.8. The van der Waals surface area contributed by atoms with Crippen molar-refractivity contribution in [2.45, 2.75) is 13.1 Å². The second-order valence-corrected chi connectivity index (χ2v) is 5.79. The third-order valence-corrected chi connectivity index (χ3v) is 3.75. The Labute approximate surface area is 152 Å². The summed E-state index contributed by atoms with van der Waals surface area (Å²) in [6.45, 7) is 1.61. The minimum Gasteiger partial charge on any atom is -0.335 e. The van der Waals surface area contributed by atoms with Crippen molar-refractivity contribution in [3.8, 4) is 0 Å². The SMILES string of the molecule is O=C(NC/C=C\c1ccccc1)NCc1cccc(Cn2cncn2)c1. The largest absolute Gasteiger partial charge is 0.335 e. The zero-order valence-corrected chi connectivity index (χ0v) is 14.4. The van der Waals surface area contributed by atoms with Gasteiger partial charge in [-0.2, -0.15) is 5.10 Å². The highest BCUT2D eigenvalue weighted by atomic mass is 16.2. The molecule has 6 nitrogen and oxygen atoms in total. The molecule has 6 heteroatoms. The Bertz CT molecular complexity index is 844. The summed E-state index contributed by atoms with van der Waals surface area (Å²) in [5.41, 5.74) is 3.26. The topological polar surface area (TPSA) is 71.8 Å². The molecule has 0 saturated heterocycles. The fourth-order valence-electron chi connectivity index (χ4n) is 2.50. The lowest BCUT2D eigenvalue weighted by molar-refractivity contribution is 0.241. The number of hydrogen-bond acceptors (Lipinski definition) is 3. The number of aromatic nitrogens is 3. The number of nitrogens with zero attached hydrogens (tertiary/aromatic N) is 3. The van der Waals surface area contributed by atoms with Crippen LogP contribution in [-0.4, -0.2) is 27.3 Å². The van der Waals surface area contributed by atoms with E-state index in [0.29, 0.717) is 19.6 Å². The Morgan fingerprint density at radius 1 is 1.04 bits per heavy atom. The van der Waals surface area contributed by atoms with E-state index in [0.717, 1.165) is 16.7 Å². The third-order valence-electron chi connectivity index (χ3n) is 3.75. The van der Waals surface area contributed by atoms with Gasteiger partial charge in [0.15, 0.2) is 0 Å². The maximum absolute atomic E-state index is 11.9. The Morgan fingerprint density at radius 2 is 1.88 bits per heavy atom. The molecule has 0 spiro atoms. The van der Waals surface area contributed by atoms with Crippen molar-refractivity contribution >= 4 is 12.1 Å². The molecule has 2 amide bonds. The van der Waals surface area contributed by atoms with Crippen LogP contribution in [0.15, 0.2) is 73.3 Å². The van der Waals surface area contributed by atoms with Gasteiger partial charge in [0, 0.05) is 13.1 Å².